The molecule has 0 heterocycles. The summed E-state index contributed by atoms with van der Waals surface area (Å²) in [5, 5.41) is 10.7. The zero-order valence-corrected chi connectivity index (χ0v) is 12.5. The molecule has 6 heteroatoms. The highest BCUT2D eigenvalue weighted by atomic mass is 35.5. The van der Waals surface area contributed by atoms with E-state index in [9.17, 15) is 5.11 Å². The predicted octanol–water partition coefficient (Wildman–Crippen LogP) is 5.58. The van der Waals surface area contributed by atoms with Gasteiger partial charge in [-0.15, -0.1) is 0 Å². The second kappa shape index (κ2) is 6.21. The molecule has 0 amide bonds. The maximum atomic E-state index is 9.25. The van der Waals surface area contributed by atoms with Crippen molar-refractivity contribution in [1.82, 2.24) is 0 Å². The average Bonchev–Trinajstić information content (AvgIpc) is 2.36. The van der Waals surface area contributed by atoms with Crippen LogP contribution < -0.4 is 4.74 Å². The van der Waals surface area contributed by atoms with Gasteiger partial charge in [0.1, 0.15) is 11.5 Å². The van der Waals surface area contributed by atoms with E-state index in [-0.39, 0.29) is 6.61 Å². The normalized spacial score (nSPS) is 10.6. The molecule has 1 N–H and O–H groups in total. The van der Waals surface area contributed by atoms with Gasteiger partial charge in [0.2, 0.25) is 0 Å². The van der Waals surface area contributed by atoms with Crippen molar-refractivity contribution in [2.45, 2.75) is 6.61 Å². The van der Waals surface area contributed by atoms with Crippen LogP contribution in [-0.2, 0) is 6.61 Å². The van der Waals surface area contributed by atoms with Crippen molar-refractivity contribution >= 4 is 46.4 Å². The Kier molecular flexibility index (Phi) is 4.82. The number of ether oxygens (including phenoxy) is 1. The van der Waals surface area contributed by atoms with Crippen molar-refractivity contribution in [3.63, 3.8) is 0 Å². The first kappa shape index (κ1) is 14.8. The van der Waals surface area contributed by atoms with E-state index in [1.807, 2.05) is 0 Å². The maximum Gasteiger partial charge on any atom is 0.147 e. The van der Waals surface area contributed by atoms with Gasteiger partial charge in [0, 0.05) is 16.7 Å². The zero-order valence-electron chi connectivity index (χ0n) is 9.46. The molecule has 2 nitrogen and oxygen atoms in total. The Labute approximate surface area is 130 Å². The van der Waals surface area contributed by atoms with Gasteiger partial charge in [0.15, 0.2) is 0 Å². The number of aliphatic hydroxyl groups excluding tert-OH is 1. The fourth-order valence-corrected chi connectivity index (χ4v) is 2.19. The highest BCUT2D eigenvalue weighted by Crippen LogP contribution is 2.37. The van der Waals surface area contributed by atoms with Gasteiger partial charge in [-0.05, 0) is 18.2 Å². The molecule has 0 atom stereocenters. The molecule has 100 valence electrons. The lowest BCUT2D eigenvalue weighted by Gasteiger charge is -2.12. The van der Waals surface area contributed by atoms with Crippen molar-refractivity contribution in [2.24, 2.45) is 0 Å². The Hall–Kier alpha value is -0.640. The maximum absolute atomic E-state index is 9.25. The molecule has 0 saturated carbocycles. The van der Waals surface area contributed by atoms with E-state index in [2.05, 4.69) is 0 Å². The Morgan fingerprint density at radius 2 is 1.53 bits per heavy atom. The van der Waals surface area contributed by atoms with E-state index in [1.54, 1.807) is 18.2 Å². The molecule has 0 radical (unpaired) electrons. The van der Waals surface area contributed by atoms with Crippen LogP contribution >= 0.6 is 46.4 Å². The summed E-state index contributed by atoms with van der Waals surface area (Å²) in [5.74, 6) is 0.753. The van der Waals surface area contributed by atoms with Crippen molar-refractivity contribution in [2.75, 3.05) is 0 Å². The summed E-state index contributed by atoms with van der Waals surface area (Å²) in [7, 11) is 0. The molecule has 2 rings (SSSR count). The Morgan fingerprint density at radius 3 is 2.21 bits per heavy atom. The second-order valence-electron chi connectivity index (χ2n) is 3.71. The van der Waals surface area contributed by atoms with Gasteiger partial charge in [-0.2, -0.15) is 0 Å². The number of halogens is 4. The fourth-order valence-electron chi connectivity index (χ4n) is 1.46. The fraction of sp³-hybridized carbons (Fsp3) is 0.0769. The van der Waals surface area contributed by atoms with Crippen LogP contribution in [0.1, 0.15) is 5.56 Å². The first-order valence-corrected chi connectivity index (χ1v) is 6.74. The molecule has 0 aliphatic heterocycles. The molecule has 0 spiro atoms. The van der Waals surface area contributed by atoms with Crippen molar-refractivity contribution < 1.29 is 9.84 Å². The average molecular weight is 338 g/mol. The minimum atomic E-state index is -0.175. The van der Waals surface area contributed by atoms with E-state index in [4.69, 9.17) is 51.1 Å². The van der Waals surface area contributed by atoms with Crippen LogP contribution in [0.4, 0.5) is 0 Å². The molecule has 0 aliphatic carbocycles. The molecular formula is C13H8Cl4O2. The van der Waals surface area contributed by atoms with Gasteiger partial charge in [-0.25, -0.2) is 0 Å². The standard InChI is InChI=1S/C13H8Cl4O2/c14-8-2-1-7(6-18)12(3-8)19-13-5-10(16)9(15)4-11(13)17/h1-5,18H,6H2. The van der Waals surface area contributed by atoms with Gasteiger partial charge in [-0.1, -0.05) is 52.5 Å². The highest BCUT2D eigenvalue weighted by molar-refractivity contribution is 6.43. The van der Waals surface area contributed by atoms with E-state index in [1.165, 1.54) is 12.1 Å². The largest absolute Gasteiger partial charge is 0.455 e. The first-order chi connectivity index (χ1) is 9.01. The van der Waals surface area contributed by atoms with Gasteiger partial charge in [0.25, 0.3) is 0 Å². The quantitative estimate of drug-likeness (QED) is 0.740. The van der Waals surface area contributed by atoms with Crippen molar-refractivity contribution in [3.05, 3.63) is 56.0 Å². The predicted molar refractivity (Wildman–Crippen MR) is 78.9 cm³/mol. The summed E-state index contributed by atoms with van der Waals surface area (Å²) in [4.78, 5) is 0. The summed E-state index contributed by atoms with van der Waals surface area (Å²) in [6, 6.07) is 7.92. The van der Waals surface area contributed by atoms with E-state index >= 15 is 0 Å². The summed E-state index contributed by atoms with van der Waals surface area (Å²) >= 11 is 23.7. The lowest BCUT2D eigenvalue weighted by molar-refractivity contribution is 0.276. The van der Waals surface area contributed by atoms with Gasteiger partial charge < -0.3 is 9.84 Å². The number of hydrogen-bond acceptors (Lipinski definition) is 2. The Bertz CT molecular complexity index is 614. The molecule has 0 saturated heterocycles. The minimum Gasteiger partial charge on any atom is -0.455 e. The number of hydrogen-bond donors (Lipinski definition) is 1. The Balaban J connectivity index is 2.41. The van der Waals surface area contributed by atoms with Crippen LogP contribution in [0.3, 0.4) is 0 Å². The highest BCUT2D eigenvalue weighted by Gasteiger charge is 2.11. The van der Waals surface area contributed by atoms with Gasteiger partial charge in [0.05, 0.1) is 21.7 Å². The third kappa shape index (κ3) is 3.47. The van der Waals surface area contributed by atoms with E-state index in [0.717, 1.165) is 0 Å². The van der Waals surface area contributed by atoms with Crippen molar-refractivity contribution in [1.29, 1.82) is 0 Å². The van der Waals surface area contributed by atoms with E-state index in [0.29, 0.717) is 37.2 Å². The molecule has 0 aliphatic rings. The van der Waals surface area contributed by atoms with Gasteiger partial charge >= 0.3 is 0 Å². The molecule has 0 unspecified atom stereocenters. The van der Waals surface area contributed by atoms with Crippen LogP contribution in [0, 0.1) is 0 Å². The summed E-state index contributed by atoms with van der Waals surface area (Å²) in [5.41, 5.74) is 0.589. The SMILES string of the molecule is OCc1ccc(Cl)cc1Oc1cc(Cl)c(Cl)cc1Cl. The molecule has 0 aromatic heterocycles. The Morgan fingerprint density at radius 1 is 0.842 bits per heavy atom. The van der Waals surface area contributed by atoms with Crippen LogP contribution in [0.25, 0.3) is 0 Å². The summed E-state index contributed by atoms with van der Waals surface area (Å²) < 4.78 is 5.63. The third-order valence-electron chi connectivity index (χ3n) is 2.39. The third-order valence-corrected chi connectivity index (χ3v) is 3.65. The number of rotatable bonds is 3. The van der Waals surface area contributed by atoms with Crippen molar-refractivity contribution in [3.8, 4) is 11.5 Å². The minimum absolute atomic E-state index is 0.175. The lowest BCUT2D eigenvalue weighted by Crippen LogP contribution is -1.92. The number of benzene rings is 2. The monoisotopic (exact) mass is 336 g/mol. The van der Waals surface area contributed by atoms with Gasteiger partial charge in [-0.3, -0.25) is 0 Å². The molecule has 19 heavy (non-hydrogen) atoms. The van der Waals surface area contributed by atoms with Crippen LogP contribution in [0.5, 0.6) is 11.5 Å². The molecular weight excluding hydrogens is 330 g/mol. The van der Waals surface area contributed by atoms with Crippen LogP contribution in [0.2, 0.25) is 20.1 Å². The second-order valence-corrected chi connectivity index (χ2v) is 5.37. The summed E-state index contributed by atoms with van der Waals surface area (Å²) in [6.07, 6.45) is 0. The van der Waals surface area contributed by atoms with Crippen LogP contribution in [0.15, 0.2) is 30.3 Å². The topological polar surface area (TPSA) is 29.5 Å². The molecule has 2 aromatic rings. The smallest absolute Gasteiger partial charge is 0.147 e. The first-order valence-electron chi connectivity index (χ1n) is 5.23. The number of aliphatic hydroxyl groups is 1. The van der Waals surface area contributed by atoms with Crippen LogP contribution in [-0.4, -0.2) is 5.11 Å². The lowest BCUT2D eigenvalue weighted by atomic mass is 10.2. The zero-order chi connectivity index (χ0) is 14.0. The van der Waals surface area contributed by atoms with E-state index < -0.39 is 0 Å². The molecule has 0 bridgehead atoms. The molecule has 2 aromatic carbocycles. The molecule has 0 fully saturated rings. The summed E-state index contributed by atoms with van der Waals surface area (Å²) in [6.45, 7) is -0.175.